The molecule has 2 aromatic carbocycles. The third-order valence-corrected chi connectivity index (χ3v) is 5.99. The molecule has 0 aliphatic heterocycles. The molecule has 0 saturated carbocycles. The minimum Gasteiger partial charge on any atom is -0.267 e. The average molecular weight is 355 g/mol. The van der Waals surface area contributed by atoms with E-state index >= 15 is 0 Å². The Labute approximate surface area is 148 Å². The number of anilines is 1. The van der Waals surface area contributed by atoms with Crippen molar-refractivity contribution >= 4 is 15.7 Å². The van der Waals surface area contributed by atoms with Crippen LogP contribution in [0, 0.1) is 6.92 Å². The van der Waals surface area contributed by atoms with Crippen LogP contribution in [0.1, 0.15) is 18.2 Å². The molecule has 0 radical (unpaired) electrons. The van der Waals surface area contributed by atoms with Crippen LogP contribution in [0.25, 0.3) is 0 Å². The van der Waals surface area contributed by atoms with Crippen LogP contribution in [0.5, 0.6) is 0 Å². The van der Waals surface area contributed by atoms with Gasteiger partial charge in [0, 0.05) is 12.7 Å². The first-order valence-corrected chi connectivity index (χ1v) is 9.62. The highest BCUT2D eigenvalue weighted by atomic mass is 32.2. The number of aryl methyl sites for hydroxylation is 1. The molecule has 0 aliphatic carbocycles. The van der Waals surface area contributed by atoms with Gasteiger partial charge in [0.15, 0.2) is 0 Å². The van der Waals surface area contributed by atoms with Crippen LogP contribution in [0.2, 0.25) is 0 Å². The molecule has 1 aromatic heterocycles. The first-order valence-electron chi connectivity index (χ1n) is 8.18. The Morgan fingerprint density at radius 1 is 1.00 bits per heavy atom. The summed E-state index contributed by atoms with van der Waals surface area (Å²) in [5, 5.41) is 4.39. The summed E-state index contributed by atoms with van der Waals surface area (Å²) in [7, 11) is -3.66. The van der Waals surface area contributed by atoms with Gasteiger partial charge in [0.25, 0.3) is 10.0 Å². The molecule has 0 amide bonds. The molecule has 6 heteroatoms. The highest BCUT2D eigenvalue weighted by molar-refractivity contribution is 7.92. The van der Waals surface area contributed by atoms with Crippen molar-refractivity contribution in [2.45, 2.75) is 25.3 Å². The minimum atomic E-state index is -3.66. The van der Waals surface area contributed by atoms with Gasteiger partial charge in [0.2, 0.25) is 0 Å². The minimum absolute atomic E-state index is 0.245. The summed E-state index contributed by atoms with van der Waals surface area (Å²) in [6.45, 7) is 4.45. The standard InChI is InChI=1S/C19H21N3O2S/c1-3-22(18-12-8-5-9-13-18)25(23,24)19-15-21(20-16(19)2)14-17-10-6-4-7-11-17/h4-13,15H,3,14H2,1-2H3. The fourth-order valence-corrected chi connectivity index (χ4v) is 4.45. The van der Waals surface area contributed by atoms with E-state index < -0.39 is 10.0 Å². The van der Waals surface area contributed by atoms with Crippen molar-refractivity contribution in [3.63, 3.8) is 0 Å². The lowest BCUT2D eigenvalue weighted by Crippen LogP contribution is -2.30. The normalized spacial score (nSPS) is 11.4. The maximum absolute atomic E-state index is 13.1. The Kier molecular flexibility index (Phi) is 4.90. The Morgan fingerprint density at radius 3 is 2.20 bits per heavy atom. The van der Waals surface area contributed by atoms with Gasteiger partial charge in [-0.3, -0.25) is 8.99 Å². The largest absolute Gasteiger partial charge is 0.267 e. The maximum Gasteiger partial charge on any atom is 0.267 e. The van der Waals surface area contributed by atoms with Crippen LogP contribution in [0.3, 0.4) is 0 Å². The van der Waals surface area contributed by atoms with Gasteiger partial charge in [0.05, 0.1) is 17.9 Å². The topological polar surface area (TPSA) is 55.2 Å². The lowest BCUT2D eigenvalue weighted by Gasteiger charge is -2.22. The van der Waals surface area contributed by atoms with Crippen LogP contribution in [0.15, 0.2) is 71.8 Å². The summed E-state index contributed by atoms with van der Waals surface area (Å²) in [6, 6.07) is 19.0. The van der Waals surface area contributed by atoms with Gasteiger partial charge in [-0.25, -0.2) is 8.42 Å². The van der Waals surface area contributed by atoms with E-state index in [-0.39, 0.29) is 4.90 Å². The molecule has 0 saturated heterocycles. The molecule has 0 fully saturated rings. The van der Waals surface area contributed by atoms with E-state index in [4.69, 9.17) is 0 Å². The van der Waals surface area contributed by atoms with Crippen molar-refractivity contribution in [3.05, 3.63) is 78.1 Å². The molecule has 0 spiro atoms. The predicted molar refractivity (Wildman–Crippen MR) is 99.2 cm³/mol. The van der Waals surface area contributed by atoms with E-state index in [9.17, 15) is 8.42 Å². The molecule has 0 atom stereocenters. The van der Waals surface area contributed by atoms with E-state index in [1.165, 1.54) is 4.31 Å². The fourth-order valence-electron chi connectivity index (χ4n) is 2.81. The molecule has 0 unspecified atom stereocenters. The lowest BCUT2D eigenvalue weighted by atomic mass is 10.2. The molecule has 3 aromatic rings. The number of rotatable bonds is 6. The van der Waals surface area contributed by atoms with Crippen molar-refractivity contribution in [3.8, 4) is 0 Å². The second kappa shape index (κ2) is 7.11. The molecular formula is C19H21N3O2S. The Bertz CT molecular complexity index is 935. The van der Waals surface area contributed by atoms with Crippen molar-refractivity contribution in [2.24, 2.45) is 0 Å². The maximum atomic E-state index is 13.1. The third-order valence-electron chi connectivity index (χ3n) is 3.99. The zero-order valence-corrected chi connectivity index (χ0v) is 15.1. The zero-order valence-electron chi connectivity index (χ0n) is 14.3. The molecular weight excluding hydrogens is 334 g/mol. The summed E-state index contributed by atoms with van der Waals surface area (Å²) in [5.74, 6) is 0. The molecule has 3 rings (SSSR count). The van der Waals surface area contributed by atoms with Crippen molar-refractivity contribution in [1.29, 1.82) is 0 Å². The molecule has 5 nitrogen and oxygen atoms in total. The van der Waals surface area contributed by atoms with E-state index in [0.29, 0.717) is 24.5 Å². The highest BCUT2D eigenvalue weighted by Crippen LogP contribution is 2.25. The van der Waals surface area contributed by atoms with E-state index in [1.54, 1.807) is 29.9 Å². The lowest BCUT2D eigenvalue weighted by molar-refractivity contribution is 0.591. The molecule has 0 N–H and O–H groups in total. The van der Waals surface area contributed by atoms with E-state index in [2.05, 4.69) is 5.10 Å². The van der Waals surface area contributed by atoms with E-state index in [1.807, 2.05) is 55.5 Å². The number of hydrogen-bond acceptors (Lipinski definition) is 3. The first-order chi connectivity index (χ1) is 12.0. The smallest absolute Gasteiger partial charge is 0.267 e. The van der Waals surface area contributed by atoms with Crippen LogP contribution < -0.4 is 4.31 Å². The predicted octanol–water partition coefficient (Wildman–Crippen LogP) is 3.46. The van der Waals surface area contributed by atoms with Gasteiger partial charge in [0.1, 0.15) is 4.90 Å². The van der Waals surface area contributed by atoms with Crippen molar-refractivity contribution in [2.75, 3.05) is 10.8 Å². The molecule has 0 aliphatic rings. The van der Waals surface area contributed by atoms with Gasteiger partial charge in [-0.1, -0.05) is 48.5 Å². The SMILES string of the molecule is CCN(c1ccccc1)S(=O)(=O)c1cn(Cc2ccccc2)nc1C. The Morgan fingerprint density at radius 2 is 1.60 bits per heavy atom. The van der Waals surface area contributed by atoms with E-state index in [0.717, 1.165) is 5.56 Å². The summed E-state index contributed by atoms with van der Waals surface area (Å²) >= 11 is 0. The number of aromatic nitrogens is 2. The second-order valence-electron chi connectivity index (χ2n) is 5.77. The van der Waals surface area contributed by atoms with Crippen molar-refractivity contribution in [1.82, 2.24) is 9.78 Å². The van der Waals surface area contributed by atoms with Crippen LogP contribution in [-0.4, -0.2) is 24.7 Å². The Hall–Kier alpha value is -2.60. The fraction of sp³-hybridized carbons (Fsp3) is 0.211. The average Bonchev–Trinajstić information content (AvgIpc) is 2.98. The van der Waals surface area contributed by atoms with Gasteiger partial charge in [-0.15, -0.1) is 0 Å². The number of para-hydroxylation sites is 1. The van der Waals surface area contributed by atoms with Crippen LogP contribution >= 0.6 is 0 Å². The second-order valence-corrected chi connectivity index (χ2v) is 7.60. The first kappa shape index (κ1) is 17.2. The molecule has 0 bridgehead atoms. The summed E-state index contributed by atoms with van der Waals surface area (Å²) in [6.07, 6.45) is 1.61. The number of nitrogens with zero attached hydrogens (tertiary/aromatic N) is 3. The van der Waals surface area contributed by atoms with Gasteiger partial charge in [-0.05, 0) is 31.5 Å². The molecule has 25 heavy (non-hydrogen) atoms. The molecule has 1 heterocycles. The van der Waals surface area contributed by atoms with Crippen LogP contribution in [-0.2, 0) is 16.6 Å². The van der Waals surface area contributed by atoms with Crippen LogP contribution in [0.4, 0.5) is 5.69 Å². The number of benzene rings is 2. The monoisotopic (exact) mass is 355 g/mol. The van der Waals surface area contributed by atoms with Crippen molar-refractivity contribution < 1.29 is 8.42 Å². The molecule has 130 valence electrons. The highest BCUT2D eigenvalue weighted by Gasteiger charge is 2.27. The number of hydrogen-bond donors (Lipinski definition) is 0. The quantitative estimate of drug-likeness (QED) is 0.680. The summed E-state index contributed by atoms with van der Waals surface area (Å²) in [5.41, 5.74) is 2.23. The summed E-state index contributed by atoms with van der Waals surface area (Å²) < 4.78 is 29.3. The van der Waals surface area contributed by atoms with Gasteiger partial charge >= 0.3 is 0 Å². The summed E-state index contributed by atoms with van der Waals surface area (Å²) in [4.78, 5) is 0.245. The van der Waals surface area contributed by atoms with Gasteiger partial charge in [-0.2, -0.15) is 5.10 Å². The zero-order chi connectivity index (χ0) is 17.9. The number of sulfonamides is 1. The van der Waals surface area contributed by atoms with Gasteiger partial charge < -0.3 is 0 Å². The Balaban J connectivity index is 1.95. The third kappa shape index (κ3) is 3.58.